The third-order valence-corrected chi connectivity index (χ3v) is 8.18. The summed E-state index contributed by atoms with van der Waals surface area (Å²) in [5.41, 5.74) is 6.16. The van der Waals surface area contributed by atoms with Crippen LogP contribution in [-0.4, -0.2) is 98.3 Å². The highest BCUT2D eigenvalue weighted by atomic mass is 19.3. The number of anilines is 1. The quantitative estimate of drug-likeness (QED) is 0.402. The van der Waals surface area contributed by atoms with Crippen LogP contribution in [0.15, 0.2) is 24.7 Å². The molecule has 6 rings (SSSR count). The van der Waals surface area contributed by atoms with Gasteiger partial charge in [-0.3, -0.25) is 14.5 Å². The second kappa shape index (κ2) is 10.4. The predicted molar refractivity (Wildman–Crippen MR) is 142 cm³/mol. The van der Waals surface area contributed by atoms with E-state index in [9.17, 15) is 27.2 Å². The zero-order valence-corrected chi connectivity index (χ0v) is 22.8. The standard InChI is InChI=1S/C27H30F4N8O3/c1-42-24-20(23(40)36-18-13-38(12-17(18)28)25(41)26(29)3-4-26)16(2-7-33-24)19-10-15(21-22(32)34-14-35-39(19)21)11-37-8-5-27(30,31)6-9-37/h2,7,10,14,17-18H,3-6,8-9,11-13H2,1H3,(H,36,40)(H2,32,34,35)/t17-,18+/m0/s1. The minimum atomic E-state index is -2.70. The van der Waals surface area contributed by atoms with Crippen LogP contribution in [0, 0.1) is 0 Å². The zero-order valence-electron chi connectivity index (χ0n) is 22.8. The Hall–Kier alpha value is -4.01. The number of nitrogen functional groups attached to an aromatic ring is 1. The van der Waals surface area contributed by atoms with Gasteiger partial charge >= 0.3 is 0 Å². The number of methoxy groups -OCH3 is 1. The first-order chi connectivity index (χ1) is 20.0. The van der Waals surface area contributed by atoms with Gasteiger partial charge in [0.25, 0.3) is 17.7 Å². The SMILES string of the molecule is COc1nccc(-c2cc(CN3CCC(F)(F)CC3)c3c(N)ncnn23)c1C(=O)N[C@@H]1CN(C(=O)C2(F)CC2)C[C@@H]1F. The molecule has 3 N–H and O–H groups in total. The number of carbonyl (C=O) groups excluding carboxylic acids is 2. The molecule has 0 aromatic carbocycles. The van der Waals surface area contributed by atoms with E-state index in [1.165, 1.54) is 24.1 Å². The molecule has 2 amide bonds. The molecule has 3 aromatic heterocycles. The fourth-order valence-electron chi connectivity index (χ4n) is 5.68. The van der Waals surface area contributed by atoms with Crippen LogP contribution < -0.4 is 15.8 Å². The lowest BCUT2D eigenvalue weighted by molar-refractivity contribution is -0.137. The molecule has 1 aliphatic carbocycles. The van der Waals surface area contributed by atoms with Gasteiger partial charge in [0.05, 0.1) is 25.4 Å². The van der Waals surface area contributed by atoms with Crippen molar-refractivity contribution in [3.8, 4) is 17.1 Å². The van der Waals surface area contributed by atoms with E-state index in [1.807, 2.05) is 4.90 Å². The van der Waals surface area contributed by atoms with Crippen molar-refractivity contribution in [2.75, 3.05) is 39.0 Å². The van der Waals surface area contributed by atoms with Crippen LogP contribution in [-0.2, 0) is 11.3 Å². The van der Waals surface area contributed by atoms with Crippen LogP contribution in [0.25, 0.3) is 16.8 Å². The van der Waals surface area contributed by atoms with Gasteiger partial charge < -0.3 is 20.7 Å². The van der Waals surface area contributed by atoms with E-state index in [0.29, 0.717) is 28.9 Å². The van der Waals surface area contributed by atoms with Crippen molar-refractivity contribution < 1.29 is 31.9 Å². The van der Waals surface area contributed by atoms with Crippen molar-refractivity contribution in [1.29, 1.82) is 0 Å². The van der Waals surface area contributed by atoms with Crippen LogP contribution in [0.2, 0.25) is 0 Å². The molecule has 2 atom stereocenters. The first-order valence-electron chi connectivity index (χ1n) is 13.7. The summed E-state index contributed by atoms with van der Waals surface area (Å²) >= 11 is 0. The minimum Gasteiger partial charge on any atom is -0.480 e. The molecule has 0 radical (unpaired) electrons. The molecule has 2 saturated heterocycles. The number of nitrogens with two attached hydrogens (primary N) is 1. The highest BCUT2D eigenvalue weighted by Crippen LogP contribution is 2.42. The monoisotopic (exact) mass is 590 g/mol. The van der Waals surface area contributed by atoms with E-state index in [-0.39, 0.29) is 69.1 Å². The molecule has 0 bridgehead atoms. The average molecular weight is 591 g/mol. The highest BCUT2D eigenvalue weighted by molar-refractivity contribution is 6.03. The molecule has 224 valence electrons. The number of hydrogen-bond acceptors (Lipinski definition) is 8. The lowest BCUT2D eigenvalue weighted by Gasteiger charge is -2.31. The number of alkyl halides is 4. The van der Waals surface area contributed by atoms with Crippen LogP contribution in [0.5, 0.6) is 5.88 Å². The number of hydrogen-bond donors (Lipinski definition) is 2. The first-order valence-corrected chi connectivity index (χ1v) is 13.7. The second-order valence-electron chi connectivity index (χ2n) is 11.1. The number of nitrogens with one attached hydrogen (secondary N) is 1. The molecule has 3 aromatic rings. The fourth-order valence-corrected chi connectivity index (χ4v) is 5.68. The van der Waals surface area contributed by atoms with Crippen LogP contribution in [0.3, 0.4) is 0 Å². The summed E-state index contributed by atoms with van der Waals surface area (Å²) in [6.07, 6.45) is 0.800. The molecule has 2 aliphatic heterocycles. The molecule has 11 nitrogen and oxygen atoms in total. The molecular formula is C27H30F4N8O3. The summed E-state index contributed by atoms with van der Waals surface area (Å²) in [5, 5.41) is 6.97. The number of nitrogens with zero attached hydrogens (tertiary/aromatic N) is 6. The Morgan fingerprint density at radius 2 is 1.88 bits per heavy atom. The average Bonchev–Trinajstić information content (AvgIpc) is 3.46. The largest absolute Gasteiger partial charge is 0.480 e. The fraction of sp³-hybridized carbons (Fsp3) is 0.519. The van der Waals surface area contributed by atoms with E-state index in [2.05, 4.69) is 20.4 Å². The van der Waals surface area contributed by atoms with Crippen LogP contribution >= 0.6 is 0 Å². The number of halogens is 4. The third kappa shape index (κ3) is 5.10. The number of likely N-dealkylation sites (tertiary alicyclic amines) is 2. The number of amides is 2. The van der Waals surface area contributed by atoms with Crippen LogP contribution in [0.4, 0.5) is 23.4 Å². The maximum absolute atomic E-state index is 15.0. The lowest BCUT2D eigenvalue weighted by atomic mass is 10.0. The van der Waals surface area contributed by atoms with Gasteiger partial charge in [0.1, 0.15) is 23.6 Å². The maximum atomic E-state index is 15.0. The van der Waals surface area contributed by atoms with Crippen molar-refractivity contribution in [3.05, 3.63) is 35.8 Å². The van der Waals surface area contributed by atoms with E-state index in [4.69, 9.17) is 10.5 Å². The van der Waals surface area contributed by atoms with Crippen molar-refractivity contribution in [2.45, 2.75) is 56.0 Å². The van der Waals surface area contributed by atoms with E-state index in [1.54, 1.807) is 12.1 Å². The Balaban J connectivity index is 1.32. The normalized spacial score (nSPS) is 23.2. The molecule has 3 fully saturated rings. The first kappa shape index (κ1) is 28.1. The second-order valence-corrected chi connectivity index (χ2v) is 11.1. The molecule has 0 unspecified atom stereocenters. The van der Waals surface area contributed by atoms with Gasteiger partial charge in [-0.25, -0.2) is 32.0 Å². The summed E-state index contributed by atoms with van der Waals surface area (Å²) in [6.45, 7) is 0.189. The van der Waals surface area contributed by atoms with E-state index in [0.717, 1.165) is 4.90 Å². The van der Waals surface area contributed by atoms with Crippen molar-refractivity contribution in [2.24, 2.45) is 0 Å². The molecule has 0 spiro atoms. The molecule has 1 saturated carbocycles. The number of ether oxygens (including phenoxy) is 1. The topological polar surface area (TPSA) is 131 Å². The molecule has 5 heterocycles. The third-order valence-electron chi connectivity index (χ3n) is 8.18. The Bertz CT molecular complexity index is 1540. The van der Waals surface area contributed by atoms with Gasteiger partial charge in [0.2, 0.25) is 5.88 Å². The summed E-state index contributed by atoms with van der Waals surface area (Å²) in [6, 6.07) is 2.25. The van der Waals surface area contributed by atoms with Gasteiger partial charge in [0.15, 0.2) is 11.5 Å². The number of rotatable bonds is 7. The number of carbonyl (C=O) groups is 2. The Morgan fingerprint density at radius 3 is 2.57 bits per heavy atom. The van der Waals surface area contributed by atoms with Gasteiger partial charge in [-0.1, -0.05) is 0 Å². The van der Waals surface area contributed by atoms with Crippen LogP contribution in [0.1, 0.15) is 41.6 Å². The summed E-state index contributed by atoms with van der Waals surface area (Å²) in [4.78, 5) is 37.3. The Labute approximate surface area is 238 Å². The van der Waals surface area contributed by atoms with Crippen molar-refractivity contribution in [3.63, 3.8) is 0 Å². The molecular weight excluding hydrogens is 560 g/mol. The number of piperidine rings is 1. The summed E-state index contributed by atoms with van der Waals surface area (Å²) in [7, 11) is 1.33. The highest BCUT2D eigenvalue weighted by Gasteiger charge is 2.54. The lowest BCUT2D eigenvalue weighted by Crippen LogP contribution is -2.43. The Morgan fingerprint density at radius 1 is 1.14 bits per heavy atom. The van der Waals surface area contributed by atoms with Gasteiger partial charge in [-0.2, -0.15) is 5.10 Å². The number of pyridine rings is 1. The minimum absolute atomic E-state index is 0.0121. The molecule has 15 heteroatoms. The maximum Gasteiger partial charge on any atom is 0.260 e. The summed E-state index contributed by atoms with van der Waals surface area (Å²) < 4.78 is 63.7. The van der Waals surface area contributed by atoms with E-state index < -0.39 is 35.6 Å². The number of aromatic nitrogens is 4. The van der Waals surface area contributed by atoms with Crippen molar-refractivity contribution in [1.82, 2.24) is 34.7 Å². The smallest absolute Gasteiger partial charge is 0.260 e. The zero-order chi connectivity index (χ0) is 29.8. The Kier molecular flexibility index (Phi) is 6.94. The number of fused-ring (bicyclic) bond motifs is 1. The van der Waals surface area contributed by atoms with E-state index >= 15 is 0 Å². The van der Waals surface area contributed by atoms with Gasteiger partial charge in [-0.15, -0.1) is 0 Å². The molecule has 3 aliphatic rings. The van der Waals surface area contributed by atoms with Gasteiger partial charge in [0, 0.05) is 50.8 Å². The predicted octanol–water partition coefficient (Wildman–Crippen LogP) is 2.39. The van der Waals surface area contributed by atoms with Gasteiger partial charge in [-0.05, 0) is 30.5 Å². The van der Waals surface area contributed by atoms with Crippen molar-refractivity contribution >= 4 is 23.1 Å². The summed E-state index contributed by atoms with van der Waals surface area (Å²) in [5.74, 6) is -4.05. The molecule has 42 heavy (non-hydrogen) atoms.